The number of carbonyl (C=O) groups is 1. The van der Waals surface area contributed by atoms with Crippen LogP contribution in [0.1, 0.15) is 47.5 Å². The first kappa shape index (κ1) is 20.5. The molecule has 0 aromatic carbocycles. The fourth-order valence-electron chi connectivity index (χ4n) is 3.11. The van der Waals surface area contributed by atoms with Gasteiger partial charge in [-0.3, -0.25) is 4.79 Å². The van der Waals surface area contributed by atoms with Crippen molar-refractivity contribution in [3.05, 3.63) is 0 Å². The summed E-state index contributed by atoms with van der Waals surface area (Å²) in [5.41, 5.74) is -0.852. The van der Waals surface area contributed by atoms with Gasteiger partial charge in [-0.15, -0.1) is 0 Å². The van der Waals surface area contributed by atoms with E-state index in [-0.39, 0.29) is 29.8 Å². The summed E-state index contributed by atoms with van der Waals surface area (Å²) in [6.45, 7) is 9.70. The third-order valence-corrected chi connectivity index (χ3v) is 5.03. The van der Waals surface area contributed by atoms with Gasteiger partial charge in [-0.2, -0.15) is 0 Å². The third-order valence-electron chi connectivity index (χ3n) is 5.03. The van der Waals surface area contributed by atoms with Gasteiger partial charge >= 0.3 is 0 Å². The van der Waals surface area contributed by atoms with Crippen LogP contribution >= 0.6 is 0 Å². The second-order valence-electron chi connectivity index (χ2n) is 6.51. The van der Waals surface area contributed by atoms with Crippen LogP contribution in [0.3, 0.4) is 0 Å². The van der Waals surface area contributed by atoms with Gasteiger partial charge in [-0.25, -0.2) is 0 Å². The molecule has 0 amide bonds. The summed E-state index contributed by atoms with van der Waals surface area (Å²) in [6.07, 6.45) is 0.856. The van der Waals surface area contributed by atoms with Gasteiger partial charge in [0.15, 0.2) is 12.1 Å². The van der Waals surface area contributed by atoms with Crippen molar-refractivity contribution in [3.63, 3.8) is 0 Å². The predicted octanol–water partition coefficient (Wildman–Crippen LogP) is 2.13. The van der Waals surface area contributed by atoms with Gasteiger partial charge in [0.2, 0.25) is 6.29 Å². The molecule has 2 rings (SSSR count). The molecule has 7 atom stereocenters. The second kappa shape index (κ2) is 8.53. The zero-order valence-electron chi connectivity index (χ0n) is 15.4. The maximum atomic E-state index is 11.3. The molecule has 0 saturated carbocycles. The maximum Gasteiger partial charge on any atom is 0.218 e. The number of methoxy groups -OCH3 is 2. The Labute approximate surface area is 139 Å². The van der Waals surface area contributed by atoms with E-state index in [0.29, 0.717) is 0 Å². The summed E-state index contributed by atoms with van der Waals surface area (Å²) < 4.78 is 20.7. The van der Waals surface area contributed by atoms with Crippen LogP contribution in [-0.4, -0.2) is 55.5 Å². The molecule has 2 aliphatic heterocycles. The van der Waals surface area contributed by atoms with E-state index in [1.807, 2.05) is 20.8 Å². The van der Waals surface area contributed by atoms with Gasteiger partial charge in [0.25, 0.3) is 0 Å². The monoisotopic (exact) mass is 332 g/mol. The van der Waals surface area contributed by atoms with Crippen LogP contribution in [0.5, 0.6) is 0 Å². The number of hydrogen-bond donors (Lipinski definition) is 1. The predicted molar refractivity (Wildman–Crippen MR) is 85.9 cm³/mol. The number of rotatable bonds is 4. The number of hydrogen-bond acceptors (Lipinski definition) is 6. The molecule has 136 valence electrons. The SMILES string of the molecule is CC[C@H]1O[C@H](OC)C(=O)[C@@H]1C.CC[C@H]1O[C@H](OC)[C@](C)(O)[C@@H]1C. The summed E-state index contributed by atoms with van der Waals surface area (Å²) in [7, 11) is 3.05. The average molecular weight is 332 g/mol. The molecule has 0 aliphatic carbocycles. The molecule has 0 spiro atoms. The molecule has 0 bridgehead atoms. The number of aliphatic hydroxyl groups is 1. The van der Waals surface area contributed by atoms with Crippen LogP contribution in [-0.2, 0) is 23.7 Å². The van der Waals surface area contributed by atoms with E-state index in [9.17, 15) is 9.90 Å². The van der Waals surface area contributed by atoms with Gasteiger partial charge in [0.05, 0.1) is 12.2 Å². The third kappa shape index (κ3) is 4.31. The molecule has 2 heterocycles. The van der Waals surface area contributed by atoms with E-state index >= 15 is 0 Å². The minimum atomic E-state index is -0.852. The quantitative estimate of drug-likeness (QED) is 0.850. The van der Waals surface area contributed by atoms with E-state index in [1.165, 1.54) is 7.11 Å². The molecule has 23 heavy (non-hydrogen) atoms. The lowest BCUT2D eigenvalue weighted by molar-refractivity contribution is -0.182. The smallest absolute Gasteiger partial charge is 0.218 e. The molecule has 2 saturated heterocycles. The largest absolute Gasteiger partial charge is 0.384 e. The lowest BCUT2D eigenvalue weighted by atomic mass is 9.88. The Morgan fingerprint density at radius 1 is 1.09 bits per heavy atom. The van der Waals surface area contributed by atoms with E-state index in [1.54, 1.807) is 14.0 Å². The second-order valence-corrected chi connectivity index (χ2v) is 6.51. The highest BCUT2D eigenvalue weighted by molar-refractivity contribution is 5.86. The fraction of sp³-hybridized carbons (Fsp3) is 0.941. The standard InChI is InChI=1S/C9H18O3.C8H14O3/c1-5-7-6(2)9(3,10)8(11-4)12-7;1-4-6-5(2)7(9)8(10-3)11-6/h6-8,10H,5H2,1-4H3;5-6,8H,4H2,1-3H3/t6-,7-,8+,9-;5-,6-,8+/m11/s1. The van der Waals surface area contributed by atoms with Gasteiger partial charge in [-0.1, -0.05) is 27.7 Å². The van der Waals surface area contributed by atoms with Crippen molar-refractivity contribution in [3.8, 4) is 0 Å². The van der Waals surface area contributed by atoms with Crippen molar-refractivity contribution in [1.29, 1.82) is 0 Å². The van der Waals surface area contributed by atoms with Crippen molar-refractivity contribution in [1.82, 2.24) is 0 Å². The molecule has 6 heteroatoms. The molecule has 0 unspecified atom stereocenters. The van der Waals surface area contributed by atoms with Crippen LogP contribution in [0.15, 0.2) is 0 Å². The molecule has 2 fully saturated rings. The van der Waals surface area contributed by atoms with Gasteiger partial charge < -0.3 is 24.1 Å². The Morgan fingerprint density at radius 3 is 1.91 bits per heavy atom. The molecule has 0 radical (unpaired) electrons. The van der Waals surface area contributed by atoms with Crippen LogP contribution in [0, 0.1) is 11.8 Å². The highest BCUT2D eigenvalue weighted by Gasteiger charge is 2.49. The van der Waals surface area contributed by atoms with E-state index in [4.69, 9.17) is 18.9 Å². The Bertz CT molecular complexity index is 375. The first-order chi connectivity index (χ1) is 10.7. The minimum absolute atomic E-state index is 0.00931. The van der Waals surface area contributed by atoms with Crippen molar-refractivity contribution in [2.45, 2.75) is 77.8 Å². The maximum absolute atomic E-state index is 11.3. The van der Waals surface area contributed by atoms with Crippen molar-refractivity contribution in [2.75, 3.05) is 14.2 Å². The first-order valence-corrected chi connectivity index (χ1v) is 8.37. The van der Waals surface area contributed by atoms with Crippen LogP contribution in [0.2, 0.25) is 0 Å². The van der Waals surface area contributed by atoms with Crippen molar-refractivity contribution >= 4 is 5.78 Å². The molecule has 2 aliphatic rings. The minimum Gasteiger partial charge on any atom is -0.384 e. The zero-order valence-corrected chi connectivity index (χ0v) is 15.4. The summed E-state index contributed by atoms with van der Waals surface area (Å²) in [5, 5.41) is 9.97. The zero-order chi connectivity index (χ0) is 17.8. The molecule has 6 nitrogen and oxygen atoms in total. The van der Waals surface area contributed by atoms with Crippen LogP contribution in [0.25, 0.3) is 0 Å². The Balaban J connectivity index is 0.000000231. The molecular formula is C17H32O6. The number of Topliss-reactive ketones (excluding diaryl/α,β-unsaturated/α-hetero) is 1. The van der Waals surface area contributed by atoms with E-state index < -0.39 is 18.2 Å². The summed E-state index contributed by atoms with van der Waals surface area (Å²) in [4.78, 5) is 11.3. The fourth-order valence-corrected chi connectivity index (χ4v) is 3.11. The first-order valence-electron chi connectivity index (χ1n) is 8.37. The van der Waals surface area contributed by atoms with Gasteiger partial charge in [0.1, 0.15) is 5.60 Å². The molecule has 0 aromatic heterocycles. The summed E-state index contributed by atoms with van der Waals surface area (Å²) >= 11 is 0. The number of ketones is 1. The molecular weight excluding hydrogens is 300 g/mol. The van der Waals surface area contributed by atoms with Gasteiger partial charge in [-0.05, 0) is 19.8 Å². The highest BCUT2D eigenvalue weighted by atomic mass is 16.7. The molecule has 1 N–H and O–H groups in total. The topological polar surface area (TPSA) is 74.2 Å². The summed E-state index contributed by atoms with van der Waals surface area (Å²) in [5.74, 6) is 0.191. The van der Waals surface area contributed by atoms with Crippen molar-refractivity contribution in [2.24, 2.45) is 11.8 Å². The van der Waals surface area contributed by atoms with Gasteiger partial charge in [0, 0.05) is 26.1 Å². The molecule has 0 aromatic rings. The highest BCUT2D eigenvalue weighted by Crippen LogP contribution is 2.37. The van der Waals surface area contributed by atoms with Crippen molar-refractivity contribution < 1.29 is 28.8 Å². The Kier molecular flexibility index (Phi) is 7.61. The lowest BCUT2D eigenvalue weighted by Gasteiger charge is -2.26. The van der Waals surface area contributed by atoms with Crippen LogP contribution in [0.4, 0.5) is 0 Å². The lowest BCUT2D eigenvalue weighted by Crippen LogP contribution is -2.40. The van der Waals surface area contributed by atoms with E-state index in [2.05, 4.69) is 6.92 Å². The summed E-state index contributed by atoms with van der Waals surface area (Å²) in [6, 6.07) is 0. The normalized spacial score (nSPS) is 43.4. The van der Waals surface area contributed by atoms with E-state index in [0.717, 1.165) is 12.8 Å². The Morgan fingerprint density at radius 2 is 1.65 bits per heavy atom. The average Bonchev–Trinajstić information content (AvgIpc) is 2.94. The number of carbonyl (C=O) groups excluding carboxylic acids is 1. The Hall–Kier alpha value is -0.530. The number of ether oxygens (including phenoxy) is 4. The van der Waals surface area contributed by atoms with Crippen LogP contribution < -0.4 is 0 Å².